The van der Waals surface area contributed by atoms with E-state index in [2.05, 4.69) is 10.3 Å². The third kappa shape index (κ3) is 5.72. The molecule has 0 saturated heterocycles. The minimum atomic E-state index is -0.964. The number of rotatable bonds is 9. The minimum absolute atomic E-state index is 0.196. The van der Waals surface area contributed by atoms with Crippen molar-refractivity contribution in [2.45, 2.75) is 6.54 Å². The summed E-state index contributed by atoms with van der Waals surface area (Å²) in [5.41, 5.74) is 0.999. The number of methoxy groups -OCH3 is 1. The summed E-state index contributed by atoms with van der Waals surface area (Å²) in [5, 5.41) is 11.9. The number of carbonyl (C=O) groups is 1. The molecule has 0 aliphatic carbocycles. The summed E-state index contributed by atoms with van der Waals surface area (Å²) in [4.78, 5) is 14.7. The molecule has 1 aromatic heterocycles. The van der Waals surface area contributed by atoms with Crippen molar-refractivity contribution in [2.75, 3.05) is 33.5 Å². The molecule has 0 saturated carbocycles. The van der Waals surface area contributed by atoms with E-state index in [0.29, 0.717) is 32.9 Å². The van der Waals surface area contributed by atoms with Gasteiger partial charge in [0.15, 0.2) is 0 Å². The molecule has 0 spiro atoms. The van der Waals surface area contributed by atoms with Crippen LogP contribution in [0.2, 0.25) is 0 Å². The maximum absolute atomic E-state index is 10.6. The molecule has 0 aliphatic heterocycles. The Bertz CT molecular complexity index is 354. The van der Waals surface area contributed by atoms with Crippen LogP contribution in [0.1, 0.15) is 16.1 Å². The van der Waals surface area contributed by atoms with Crippen LogP contribution < -0.4 is 5.32 Å². The predicted octanol–water partition coefficient (Wildman–Crippen LogP) is 0.532. The number of hydrogen-bond donors (Lipinski definition) is 2. The summed E-state index contributed by atoms with van der Waals surface area (Å²) in [6.45, 7) is 3.10. The van der Waals surface area contributed by atoms with Crippen molar-refractivity contribution in [3.8, 4) is 0 Å². The van der Waals surface area contributed by atoms with Crippen LogP contribution >= 0.6 is 0 Å². The first-order valence-corrected chi connectivity index (χ1v) is 5.69. The van der Waals surface area contributed by atoms with Gasteiger partial charge in [-0.1, -0.05) is 0 Å². The van der Waals surface area contributed by atoms with E-state index in [1.54, 1.807) is 19.2 Å². The van der Waals surface area contributed by atoms with Crippen molar-refractivity contribution in [1.29, 1.82) is 0 Å². The summed E-state index contributed by atoms with van der Waals surface area (Å²) in [7, 11) is 1.63. The number of carboxylic acid groups (broad SMARTS) is 1. The zero-order chi connectivity index (χ0) is 13.2. The standard InChI is InChI=1S/C12H18N2O4/c1-17-6-7-18-5-4-13-9-11-3-2-10(8-14-11)12(15)16/h2-3,8,13H,4-7,9H2,1H3,(H,15,16). The van der Waals surface area contributed by atoms with E-state index < -0.39 is 5.97 Å². The van der Waals surface area contributed by atoms with Crippen LogP contribution in [0.25, 0.3) is 0 Å². The second-order valence-corrected chi connectivity index (χ2v) is 3.63. The van der Waals surface area contributed by atoms with E-state index in [-0.39, 0.29) is 5.56 Å². The quantitative estimate of drug-likeness (QED) is 0.626. The van der Waals surface area contributed by atoms with E-state index >= 15 is 0 Å². The van der Waals surface area contributed by atoms with Gasteiger partial charge in [-0.2, -0.15) is 0 Å². The molecule has 18 heavy (non-hydrogen) atoms. The molecule has 1 heterocycles. The predicted molar refractivity (Wildman–Crippen MR) is 65.6 cm³/mol. The molecule has 100 valence electrons. The van der Waals surface area contributed by atoms with Crippen molar-refractivity contribution in [3.63, 3.8) is 0 Å². The summed E-state index contributed by atoms with van der Waals surface area (Å²) in [6.07, 6.45) is 1.36. The average Bonchev–Trinajstić information content (AvgIpc) is 2.38. The lowest BCUT2D eigenvalue weighted by atomic mass is 10.2. The van der Waals surface area contributed by atoms with Gasteiger partial charge in [0.25, 0.3) is 0 Å². The number of aromatic carboxylic acids is 1. The number of nitrogens with one attached hydrogen (secondary N) is 1. The Kier molecular flexibility index (Phi) is 6.93. The van der Waals surface area contributed by atoms with Crippen LogP contribution in [0.4, 0.5) is 0 Å². The van der Waals surface area contributed by atoms with Gasteiger partial charge in [-0.15, -0.1) is 0 Å². The van der Waals surface area contributed by atoms with Crippen molar-refractivity contribution >= 4 is 5.97 Å². The molecule has 0 bridgehead atoms. The first-order chi connectivity index (χ1) is 8.74. The molecule has 0 aliphatic rings. The molecule has 0 atom stereocenters. The molecule has 1 rings (SSSR count). The molecule has 0 fully saturated rings. The van der Waals surface area contributed by atoms with E-state index in [4.69, 9.17) is 14.6 Å². The third-order valence-electron chi connectivity index (χ3n) is 2.23. The van der Waals surface area contributed by atoms with Crippen LogP contribution in [0, 0.1) is 0 Å². The van der Waals surface area contributed by atoms with Crippen molar-refractivity contribution in [3.05, 3.63) is 29.6 Å². The number of aromatic nitrogens is 1. The molecule has 1 aromatic rings. The summed E-state index contributed by atoms with van der Waals surface area (Å²) >= 11 is 0. The lowest BCUT2D eigenvalue weighted by Crippen LogP contribution is -2.20. The SMILES string of the molecule is COCCOCCNCc1ccc(C(=O)O)cn1. The zero-order valence-electron chi connectivity index (χ0n) is 10.4. The van der Waals surface area contributed by atoms with Gasteiger partial charge in [-0.3, -0.25) is 4.98 Å². The smallest absolute Gasteiger partial charge is 0.337 e. The highest BCUT2D eigenvalue weighted by molar-refractivity contribution is 5.87. The molecular formula is C12H18N2O4. The van der Waals surface area contributed by atoms with E-state index in [1.165, 1.54) is 6.20 Å². The Morgan fingerprint density at radius 2 is 2.22 bits per heavy atom. The first kappa shape index (κ1) is 14.6. The molecular weight excluding hydrogens is 236 g/mol. The van der Waals surface area contributed by atoms with Gasteiger partial charge in [-0.05, 0) is 12.1 Å². The Balaban J connectivity index is 2.14. The van der Waals surface area contributed by atoms with Gasteiger partial charge in [0.05, 0.1) is 31.1 Å². The fourth-order valence-electron chi connectivity index (χ4n) is 1.26. The molecule has 2 N–H and O–H groups in total. The van der Waals surface area contributed by atoms with Crippen molar-refractivity contribution < 1.29 is 19.4 Å². The molecule has 0 unspecified atom stereocenters. The van der Waals surface area contributed by atoms with Gasteiger partial charge in [0, 0.05) is 26.4 Å². The molecule has 0 radical (unpaired) electrons. The fraction of sp³-hybridized carbons (Fsp3) is 0.500. The number of pyridine rings is 1. The van der Waals surface area contributed by atoms with Gasteiger partial charge >= 0.3 is 5.97 Å². The third-order valence-corrected chi connectivity index (χ3v) is 2.23. The van der Waals surface area contributed by atoms with Crippen LogP contribution in [-0.4, -0.2) is 49.5 Å². The highest BCUT2D eigenvalue weighted by atomic mass is 16.5. The first-order valence-electron chi connectivity index (χ1n) is 5.69. The highest BCUT2D eigenvalue weighted by Crippen LogP contribution is 1.99. The summed E-state index contributed by atoms with van der Waals surface area (Å²) in [5.74, 6) is -0.964. The number of ether oxygens (including phenoxy) is 2. The number of hydrogen-bond acceptors (Lipinski definition) is 5. The van der Waals surface area contributed by atoms with Gasteiger partial charge in [0.2, 0.25) is 0 Å². The summed E-state index contributed by atoms with van der Waals surface area (Å²) < 4.78 is 10.1. The summed E-state index contributed by atoms with van der Waals surface area (Å²) in [6, 6.07) is 3.24. The largest absolute Gasteiger partial charge is 0.478 e. The minimum Gasteiger partial charge on any atom is -0.478 e. The van der Waals surface area contributed by atoms with Gasteiger partial charge < -0.3 is 19.9 Å². The Hall–Kier alpha value is -1.50. The highest BCUT2D eigenvalue weighted by Gasteiger charge is 2.02. The Labute approximate surface area is 106 Å². The molecule has 6 heteroatoms. The van der Waals surface area contributed by atoms with E-state index in [9.17, 15) is 4.79 Å². The zero-order valence-corrected chi connectivity index (χ0v) is 10.4. The van der Waals surface area contributed by atoms with Crippen molar-refractivity contribution in [1.82, 2.24) is 10.3 Å². The lowest BCUT2D eigenvalue weighted by molar-refractivity contribution is 0.0696. The molecule has 0 aromatic carbocycles. The molecule has 0 amide bonds. The monoisotopic (exact) mass is 254 g/mol. The van der Waals surface area contributed by atoms with Crippen LogP contribution in [0.3, 0.4) is 0 Å². The van der Waals surface area contributed by atoms with Crippen LogP contribution in [-0.2, 0) is 16.0 Å². The Morgan fingerprint density at radius 3 is 2.83 bits per heavy atom. The van der Waals surface area contributed by atoms with E-state index in [1.807, 2.05) is 0 Å². The maximum atomic E-state index is 10.6. The van der Waals surface area contributed by atoms with Gasteiger partial charge in [-0.25, -0.2) is 4.79 Å². The topological polar surface area (TPSA) is 80.7 Å². The average molecular weight is 254 g/mol. The van der Waals surface area contributed by atoms with E-state index in [0.717, 1.165) is 5.69 Å². The van der Waals surface area contributed by atoms with Gasteiger partial charge in [0.1, 0.15) is 0 Å². The van der Waals surface area contributed by atoms with Crippen molar-refractivity contribution in [2.24, 2.45) is 0 Å². The fourth-order valence-corrected chi connectivity index (χ4v) is 1.26. The van der Waals surface area contributed by atoms with Crippen LogP contribution in [0.15, 0.2) is 18.3 Å². The second-order valence-electron chi connectivity index (χ2n) is 3.63. The molecule has 6 nitrogen and oxygen atoms in total. The normalized spacial score (nSPS) is 10.5. The Morgan fingerprint density at radius 1 is 1.39 bits per heavy atom. The second kappa shape index (κ2) is 8.57. The number of carboxylic acids is 1. The van der Waals surface area contributed by atoms with Crippen LogP contribution in [0.5, 0.6) is 0 Å². The number of nitrogens with zero attached hydrogens (tertiary/aromatic N) is 1. The lowest BCUT2D eigenvalue weighted by Gasteiger charge is -2.05. The maximum Gasteiger partial charge on any atom is 0.337 e.